The first kappa shape index (κ1) is 12.6. The second kappa shape index (κ2) is 4.75. The fraction of sp³-hybridized carbons (Fsp3) is 0.727. The van der Waals surface area contributed by atoms with Gasteiger partial charge in [0.15, 0.2) is 0 Å². The van der Waals surface area contributed by atoms with Gasteiger partial charge in [-0.3, -0.25) is 4.99 Å². The Balaban J connectivity index is 3.84. The largest absolute Gasteiger partial charge is 0.287 e. The Hall–Kier alpha value is -0.373. The van der Waals surface area contributed by atoms with Crippen LogP contribution in [0.4, 0.5) is 0 Å². The van der Waals surface area contributed by atoms with E-state index in [-0.39, 0.29) is 5.54 Å². The van der Waals surface area contributed by atoms with Crippen LogP contribution in [0.2, 0.25) is 25.7 Å². The van der Waals surface area contributed by atoms with E-state index in [0.29, 0.717) is 0 Å². The Labute approximate surface area is 84.0 Å². The minimum atomic E-state index is -0.902. The lowest BCUT2D eigenvalue weighted by Gasteiger charge is -2.11. The molecular formula is C11H23NSi. The van der Waals surface area contributed by atoms with Crippen molar-refractivity contribution in [2.75, 3.05) is 0 Å². The zero-order valence-electron chi connectivity index (χ0n) is 9.89. The molecule has 13 heavy (non-hydrogen) atoms. The summed E-state index contributed by atoms with van der Waals surface area (Å²) in [4.78, 5) is 4.38. The molecule has 0 bridgehead atoms. The van der Waals surface area contributed by atoms with Gasteiger partial charge >= 0.3 is 0 Å². The maximum absolute atomic E-state index is 4.38. The molecule has 0 aliphatic carbocycles. The van der Waals surface area contributed by atoms with Gasteiger partial charge < -0.3 is 0 Å². The summed E-state index contributed by atoms with van der Waals surface area (Å²) in [6.45, 7) is 13.4. The maximum Gasteiger partial charge on any atom is 0.0524 e. The predicted octanol–water partition coefficient (Wildman–Crippen LogP) is 3.75. The molecule has 0 amide bonds. The van der Waals surface area contributed by atoms with E-state index in [1.807, 2.05) is 6.21 Å². The first-order chi connectivity index (χ1) is 5.71. The monoisotopic (exact) mass is 197 g/mol. The summed E-state index contributed by atoms with van der Waals surface area (Å²) >= 11 is 0. The molecule has 0 radical (unpaired) electrons. The van der Waals surface area contributed by atoms with E-state index >= 15 is 0 Å². The van der Waals surface area contributed by atoms with E-state index in [1.165, 1.54) is 6.04 Å². The zero-order chi connectivity index (χ0) is 10.5. The molecule has 0 saturated heterocycles. The van der Waals surface area contributed by atoms with Crippen LogP contribution in [0.25, 0.3) is 0 Å². The third kappa shape index (κ3) is 11.6. The van der Waals surface area contributed by atoms with Gasteiger partial charge in [0.05, 0.1) is 5.54 Å². The molecule has 0 aliphatic heterocycles. The van der Waals surface area contributed by atoms with Crippen LogP contribution in [-0.4, -0.2) is 19.8 Å². The number of rotatable bonds is 3. The molecule has 0 N–H and O–H groups in total. The van der Waals surface area contributed by atoms with Crippen molar-refractivity contribution in [2.45, 2.75) is 52.0 Å². The normalized spacial score (nSPS) is 14.6. The number of hydrogen-bond acceptors (Lipinski definition) is 1. The van der Waals surface area contributed by atoms with Crippen LogP contribution in [0.15, 0.2) is 17.1 Å². The minimum absolute atomic E-state index is 0.0590. The van der Waals surface area contributed by atoms with Crippen LogP contribution in [0.1, 0.15) is 20.8 Å². The Kier molecular flexibility index (Phi) is 4.61. The summed E-state index contributed by atoms with van der Waals surface area (Å²) in [6, 6.07) is 1.24. The Morgan fingerprint density at radius 3 is 2.08 bits per heavy atom. The Morgan fingerprint density at radius 2 is 1.69 bits per heavy atom. The standard InChI is InChI=1S/C11H23NSi/c1-11(2,3)12-9-7-8-10-13(4,5)6/h7-9H,10H2,1-6H3/b8-7+,12-9?. The van der Waals surface area contributed by atoms with Gasteiger partial charge in [0.1, 0.15) is 0 Å². The van der Waals surface area contributed by atoms with Gasteiger partial charge in [0.25, 0.3) is 0 Å². The molecule has 1 nitrogen and oxygen atoms in total. The average Bonchev–Trinajstić information content (AvgIpc) is 1.81. The van der Waals surface area contributed by atoms with Crippen molar-refractivity contribution in [1.29, 1.82) is 0 Å². The molecule has 0 unspecified atom stereocenters. The molecule has 2 heteroatoms. The third-order valence-electron chi connectivity index (χ3n) is 1.41. The molecule has 0 heterocycles. The highest BCUT2D eigenvalue weighted by atomic mass is 28.3. The van der Waals surface area contributed by atoms with Gasteiger partial charge in [-0.2, -0.15) is 0 Å². The molecule has 0 aliphatic rings. The van der Waals surface area contributed by atoms with Crippen molar-refractivity contribution in [2.24, 2.45) is 4.99 Å². The summed E-state index contributed by atoms with van der Waals surface area (Å²) in [6.07, 6.45) is 6.23. The van der Waals surface area contributed by atoms with E-state index in [0.717, 1.165) is 0 Å². The zero-order valence-corrected chi connectivity index (χ0v) is 10.9. The van der Waals surface area contributed by atoms with Crippen LogP contribution in [-0.2, 0) is 0 Å². The van der Waals surface area contributed by atoms with Crippen molar-refractivity contribution in [3.8, 4) is 0 Å². The highest BCUT2D eigenvalue weighted by Crippen LogP contribution is 2.08. The van der Waals surface area contributed by atoms with Gasteiger partial charge in [0, 0.05) is 14.3 Å². The molecular weight excluding hydrogens is 174 g/mol. The SMILES string of the molecule is CC(C)(C)N=C/C=C/C[Si](C)(C)C. The van der Waals surface area contributed by atoms with Gasteiger partial charge in [-0.1, -0.05) is 25.7 Å². The lowest BCUT2D eigenvalue weighted by Crippen LogP contribution is -2.17. The molecule has 0 aromatic heterocycles. The smallest absolute Gasteiger partial charge is 0.0524 e. The van der Waals surface area contributed by atoms with Gasteiger partial charge in [-0.25, -0.2) is 0 Å². The lowest BCUT2D eigenvalue weighted by atomic mass is 10.1. The first-order valence-corrected chi connectivity index (χ1v) is 8.62. The highest BCUT2D eigenvalue weighted by molar-refractivity contribution is 6.76. The summed E-state index contributed by atoms with van der Waals surface area (Å²) in [5, 5.41) is 0. The van der Waals surface area contributed by atoms with Crippen LogP contribution >= 0.6 is 0 Å². The lowest BCUT2D eigenvalue weighted by molar-refractivity contribution is 0.587. The molecule has 0 atom stereocenters. The minimum Gasteiger partial charge on any atom is -0.287 e. The molecule has 76 valence electrons. The van der Waals surface area contributed by atoms with Crippen molar-refractivity contribution < 1.29 is 0 Å². The highest BCUT2D eigenvalue weighted by Gasteiger charge is 2.09. The average molecular weight is 197 g/mol. The number of nitrogens with zero attached hydrogens (tertiary/aromatic N) is 1. The van der Waals surface area contributed by atoms with Crippen molar-refractivity contribution in [1.82, 2.24) is 0 Å². The quantitative estimate of drug-likeness (QED) is 0.483. The van der Waals surface area contributed by atoms with E-state index in [4.69, 9.17) is 0 Å². The second-order valence-corrected chi connectivity index (χ2v) is 11.2. The van der Waals surface area contributed by atoms with Crippen molar-refractivity contribution >= 4 is 14.3 Å². The molecule has 0 aromatic carbocycles. The summed E-state index contributed by atoms with van der Waals surface area (Å²) < 4.78 is 0. The Morgan fingerprint density at radius 1 is 1.15 bits per heavy atom. The molecule has 0 saturated carbocycles. The fourth-order valence-corrected chi connectivity index (χ4v) is 1.59. The van der Waals surface area contributed by atoms with Gasteiger partial charge in [-0.05, 0) is 32.9 Å². The number of allylic oxidation sites excluding steroid dienone is 2. The molecule has 0 rings (SSSR count). The number of aliphatic imine (C=N–C) groups is 1. The molecule has 0 aromatic rings. The molecule has 0 spiro atoms. The first-order valence-electron chi connectivity index (χ1n) is 4.91. The number of hydrogen-bond donors (Lipinski definition) is 0. The maximum atomic E-state index is 4.38. The van der Waals surface area contributed by atoms with Crippen molar-refractivity contribution in [3.05, 3.63) is 12.2 Å². The summed E-state index contributed by atoms with van der Waals surface area (Å²) in [5.74, 6) is 0. The topological polar surface area (TPSA) is 12.4 Å². The summed E-state index contributed by atoms with van der Waals surface area (Å²) in [5.41, 5.74) is 0.0590. The van der Waals surface area contributed by atoms with E-state index < -0.39 is 8.07 Å². The van der Waals surface area contributed by atoms with E-state index in [9.17, 15) is 0 Å². The van der Waals surface area contributed by atoms with E-state index in [1.54, 1.807) is 0 Å². The van der Waals surface area contributed by atoms with Crippen LogP contribution in [0.5, 0.6) is 0 Å². The van der Waals surface area contributed by atoms with Crippen LogP contribution < -0.4 is 0 Å². The van der Waals surface area contributed by atoms with Crippen molar-refractivity contribution in [3.63, 3.8) is 0 Å². The second-order valence-electron chi connectivity index (χ2n) is 5.64. The van der Waals surface area contributed by atoms with Crippen LogP contribution in [0.3, 0.4) is 0 Å². The van der Waals surface area contributed by atoms with E-state index in [2.05, 4.69) is 57.6 Å². The fourth-order valence-electron chi connectivity index (χ4n) is 0.749. The Bertz CT molecular complexity index is 191. The predicted molar refractivity (Wildman–Crippen MR) is 65.5 cm³/mol. The van der Waals surface area contributed by atoms with Crippen LogP contribution in [0, 0.1) is 0 Å². The molecule has 0 fully saturated rings. The summed E-state index contributed by atoms with van der Waals surface area (Å²) in [7, 11) is -0.902. The van der Waals surface area contributed by atoms with Gasteiger partial charge in [-0.15, -0.1) is 0 Å². The third-order valence-corrected chi connectivity index (χ3v) is 2.87. The van der Waals surface area contributed by atoms with Gasteiger partial charge in [0.2, 0.25) is 0 Å².